The lowest BCUT2D eigenvalue weighted by atomic mass is 10.0. The lowest BCUT2D eigenvalue weighted by molar-refractivity contribution is 0.171. The Bertz CT molecular complexity index is 384. The second-order valence-corrected chi connectivity index (χ2v) is 5.28. The predicted molar refractivity (Wildman–Crippen MR) is 76.8 cm³/mol. The molecule has 1 atom stereocenters. The molecule has 3 nitrogen and oxygen atoms in total. The van der Waals surface area contributed by atoms with Crippen LogP contribution >= 0.6 is 11.8 Å². The Hall–Kier alpha value is -0.870. The number of nitrogens with one attached hydrogen (secondary N) is 1. The zero-order valence-corrected chi connectivity index (χ0v) is 11.9. The van der Waals surface area contributed by atoms with Gasteiger partial charge in [-0.15, -0.1) is 0 Å². The lowest BCUT2D eigenvalue weighted by Gasteiger charge is -2.22. The standard InChI is InChI=1S/C14H21NO2S/c1-3-15-12(6-9-18-2)11-4-5-13-14(10-11)17-8-7-16-13/h4-5,10,12,15H,3,6-9H2,1-2H3. The summed E-state index contributed by atoms with van der Waals surface area (Å²) in [4.78, 5) is 0. The van der Waals surface area contributed by atoms with Crippen LogP contribution < -0.4 is 14.8 Å². The van der Waals surface area contributed by atoms with Gasteiger partial charge in [-0.2, -0.15) is 11.8 Å². The van der Waals surface area contributed by atoms with E-state index in [1.807, 2.05) is 17.8 Å². The van der Waals surface area contributed by atoms with E-state index in [0.717, 1.165) is 30.2 Å². The van der Waals surface area contributed by atoms with E-state index in [1.54, 1.807) is 0 Å². The van der Waals surface area contributed by atoms with Crippen molar-refractivity contribution in [3.8, 4) is 11.5 Å². The van der Waals surface area contributed by atoms with Crippen molar-refractivity contribution in [1.29, 1.82) is 0 Å². The fourth-order valence-electron chi connectivity index (χ4n) is 2.15. The van der Waals surface area contributed by atoms with Gasteiger partial charge < -0.3 is 14.8 Å². The first-order valence-electron chi connectivity index (χ1n) is 6.47. The highest BCUT2D eigenvalue weighted by atomic mass is 32.2. The SMILES string of the molecule is CCNC(CCSC)c1ccc2c(c1)OCCO2. The van der Waals surface area contributed by atoms with Gasteiger partial charge in [0.15, 0.2) is 11.5 Å². The van der Waals surface area contributed by atoms with Crippen molar-refractivity contribution in [3.63, 3.8) is 0 Å². The molecule has 1 aliphatic rings. The number of hydrogen-bond donors (Lipinski definition) is 1. The van der Waals surface area contributed by atoms with E-state index >= 15 is 0 Å². The maximum Gasteiger partial charge on any atom is 0.161 e. The highest BCUT2D eigenvalue weighted by Crippen LogP contribution is 2.33. The van der Waals surface area contributed by atoms with Gasteiger partial charge in [-0.25, -0.2) is 0 Å². The largest absolute Gasteiger partial charge is 0.486 e. The van der Waals surface area contributed by atoms with Gasteiger partial charge in [0.25, 0.3) is 0 Å². The minimum atomic E-state index is 0.401. The Labute approximate surface area is 113 Å². The quantitative estimate of drug-likeness (QED) is 0.858. The number of fused-ring (bicyclic) bond motifs is 1. The molecule has 1 N–H and O–H groups in total. The molecule has 2 rings (SSSR count). The highest BCUT2D eigenvalue weighted by molar-refractivity contribution is 7.98. The Morgan fingerprint density at radius 2 is 2.06 bits per heavy atom. The molecule has 0 fully saturated rings. The van der Waals surface area contributed by atoms with Crippen LogP contribution in [0.4, 0.5) is 0 Å². The first kappa shape index (κ1) is 13.6. The van der Waals surface area contributed by atoms with Crippen LogP contribution in [0.3, 0.4) is 0 Å². The molecule has 0 bridgehead atoms. The van der Waals surface area contributed by atoms with Gasteiger partial charge in [0.05, 0.1) is 0 Å². The second kappa shape index (κ2) is 6.90. The fraction of sp³-hybridized carbons (Fsp3) is 0.571. The molecule has 0 saturated heterocycles. The van der Waals surface area contributed by atoms with Crippen LogP contribution in [0.15, 0.2) is 18.2 Å². The second-order valence-electron chi connectivity index (χ2n) is 4.29. The van der Waals surface area contributed by atoms with Gasteiger partial charge in [-0.05, 0) is 42.7 Å². The van der Waals surface area contributed by atoms with Crippen LogP contribution in [0.2, 0.25) is 0 Å². The molecule has 0 saturated carbocycles. The zero-order valence-electron chi connectivity index (χ0n) is 11.1. The third-order valence-corrected chi connectivity index (χ3v) is 3.67. The number of rotatable bonds is 6. The number of hydrogen-bond acceptors (Lipinski definition) is 4. The summed E-state index contributed by atoms with van der Waals surface area (Å²) in [6.07, 6.45) is 3.28. The summed E-state index contributed by atoms with van der Waals surface area (Å²) in [6, 6.07) is 6.68. The van der Waals surface area contributed by atoms with Crippen LogP contribution in [0.25, 0.3) is 0 Å². The van der Waals surface area contributed by atoms with E-state index in [0.29, 0.717) is 19.3 Å². The van der Waals surface area contributed by atoms with Crippen molar-refractivity contribution in [2.24, 2.45) is 0 Å². The summed E-state index contributed by atoms with van der Waals surface area (Å²) in [6.45, 7) is 4.42. The van der Waals surface area contributed by atoms with E-state index in [4.69, 9.17) is 9.47 Å². The van der Waals surface area contributed by atoms with Crippen LogP contribution in [0, 0.1) is 0 Å². The van der Waals surface area contributed by atoms with Gasteiger partial charge in [-0.3, -0.25) is 0 Å². The van der Waals surface area contributed by atoms with Gasteiger partial charge in [0.2, 0.25) is 0 Å². The molecule has 0 amide bonds. The van der Waals surface area contributed by atoms with E-state index in [1.165, 1.54) is 5.56 Å². The lowest BCUT2D eigenvalue weighted by Crippen LogP contribution is -2.22. The smallest absolute Gasteiger partial charge is 0.161 e. The van der Waals surface area contributed by atoms with Gasteiger partial charge in [0, 0.05) is 6.04 Å². The van der Waals surface area contributed by atoms with Crippen molar-refractivity contribution in [1.82, 2.24) is 5.32 Å². The fourth-order valence-corrected chi connectivity index (χ4v) is 2.62. The van der Waals surface area contributed by atoms with Crippen molar-refractivity contribution >= 4 is 11.8 Å². The molecule has 0 spiro atoms. The topological polar surface area (TPSA) is 30.5 Å². The summed E-state index contributed by atoms with van der Waals surface area (Å²) < 4.78 is 11.2. The first-order chi connectivity index (χ1) is 8.85. The summed E-state index contributed by atoms with van der Waals surface area (Å²) in [5.41, 5.74) is 1.29. The molecule has 0 aromatic heterocycles. The van der Waals surface area contributed by atoms with Crippen molar-refractivity contribution < 1.29 is 9.47 Å². The maximum absolute atomic E-state index is 5.64. The number of thioether (sulfide) groups is 1. The summed E-state index contributed by atoms with van der Waals surface area (Å²) in [5.74, 6) is 2.91. The number of benzene rings is 1. The van der Waals surface area contributed by atoms with E-state index in [-0.39, 0.29) is 0 Å². The minimum absolute atomic E-state index is 0.401. The summed E-state index contributed by atoms with van der Waals surface area (Å²) >= 11 is 1.88. The normalized spacial score (nSPS) is 15.4. The highest BCUT2D eigenvalue weighted by Gasteiger charge is 2.16. The molecule has 1 aliphatic heterocycles. The Morgan fingerprint density at radius 3 is 2.78 bits per heavy atom. The van der Waals surface area contributed by atoms with Gasteiger partial charge in [-0.1, -0.05) is 13.0 Å². The van der Waals surface area contributed by atoms with Crippen LogP contribution in [-0.4, -0.2) is 31.8 Å². The van der Waals surface area contributed by atoms with E-state index in [9.17, 15) is 0 Å². The maximum atomic E-state index is 5.64. The van der Waals surface area contributed by atoms with Crippen molar-refractivity contribution in [3.05, 3.63) is 23.8 Å². The molecule has 1 aromatic rings. The molecule has 4 heteroatoms. The third kappa shape index (κ3) is 3.33. The zero-order chi connectivity index (χ0) is 12.8. The average Bonchev–Trinajstić information content (AvgIpc) is 2.43. The van der Waals surface area contributed by atoms with E-state index < -0.39 is 0 Å². The first-order valence-corrected chi connectivity index (χ1v) is 7.86. The molecule has 1 unspecified atom stereocenters. The van der Waals surface area contributed by atoms with Gasteiger partial charge in [0.1, 0.15) is 13.2 Å². The predicted octanol–water partition coefficient (Wildman–Crippen LogP) is 2.86. The molecular weight excluding hydrogens is 246 g/mol. The molecule has 18 heavy (non-hydrogen) atoms. The summed E-state index contributed by atoms with van der Waals surface area (Å²) in [5, 5.41) is 3.53. The third-order valence-electron chi connectivity index (χ3n) is 3.03. The van der Waals surface area contributed by atoms with Crippen LogP contribution in [-0.2, 0) is 0 Å². The summed E-state index contributed by atoms with van der Waals surface area (Å²) in [7, 11) is 0. The molecule has 1 aromatic carbocycles. The Kier molecular flexibility index (Phi) is 5.20. The number of ether oxygens (including phenoxy) is 2. The van der Waals surface area contributed by atoms with Crippen molar-refractivity contribution in [2.75, 3.05) is 31.8 Å². The van der Waals surface area contributed by atoms with Crippen LogP contribution in [0.5, 0.6) is 11.5 Å². The van der Waals surface area contributed by atoms with E-state index in [2.05, 4.69) is 30.6 Å². The molecular formula is C14H21NO2S. The monoisotopic (exact) mass is 267 g/mol. The van der Waals surface area contributed by atoms with Crippen molar-refractivity contribution in [2.45, 2.75) is 19.4 Å². The Morgan fingerprint density at radius 1 is 1.28 bits per heavy atom. The molecule has 0 aliphatic carbocycles. The Balaban J connectivity index is 2.13. The minimum Gasteiger partial charge on any atom is -0.486 e. The van der Waals surface area contributed by atoms with Gasteiger partial charge >= 0.3 is 0 Å². The van der Waals surface area contributed by atoms with Crippen LogP contribution in [0.1, 0.15) is 24.9 Å². The average molecular weight is 267 g/mol. The molecule has 1 heterocycles. The molecule has 100 valence electrons. The molecule has 0 radical (unpaired) electrons.